The van der Waals surface area contributed by atoms with Crippen molar-refractivity contribution >= 4 is 0 Å². The number of nitrogens with one attached hydrogen (secondary N) is 1. The fourth-order valence-electron chi connectivity index (χ4n) is 0.550. The normalized spacial score (nSPS) is 8.78. The first-order valence-electron chi connectivity index (χ1n) is 2.45. The Morgan fingerprint density at radius 1 is 1.89 bits per heavy atom. The van der Waals surface area contributed by atoms with Crippen LogP contribution in [0.3, 0.4) is 0 Å². The Labute approximate surface area is 51.4 Å². The van der Waals surface area contributed by atoms with Crippen molar-refractivity contribution in [1.29, 1.82) is 5.26 Å². The molecule has 0 aromatic carbocycles. The summed E-state index contributed by atoms with van der Waals surface area (Å²) in [6.45, 7) is 0.113. The molecule has 0 amide bonds. The third-order valence-electron chi connectivity index (χ3n) is 0.963. The first kappa shape index (κ1) is 5.63. The first-order valence-corrected chi connectivity index (χ1v) is 2.45. The van der Waals surface area contributed by atoms with Gasteiger partial charge in [-0.2, -0.15) is 5.26 Å². The first-order chi connectivity index (χ1) is 4.34. The molecule has 0 fully saturated rings. The molecule has 0 aliphatic carbocycles. The van der Waals surface area contributed by atoms with E-state index in [0.717, 1.165) is 0 Å². The van der Waals surface area contributed by atoms with E-state index < -0.39 is 0 Å². The molecule has 0 aliphatic heterocycles. The molecule has 0 radical (unpaired) electrons. The van der Waals surface area contributed by atoms with Gasteiger partial charge in [0.25, 0.3) is 0 Å². The van der Waals surface area contributed by atoms with Crippen molar-refractivity contribution in [2.45, 2.75) is 6.54 Å². The minimum atomic E-state index is -0.239. The second-order valence-electron chi connectivity index (χ2n) is 1.55. The van der Waals surface area contributed by atoms with E-state index in [-0.39, 0.29) is 12.2 Å². The van der Waals surface area contributed by atoms with Gasteiger partial charge in [-0.3, -0.25) is 4.57 Å². The lowest BCUT2D eigenvalue weighted by Crippen LogP contribution is -2.14. The van der Waals surface area contributed by atoms with Crippen LogP contribution in [0.1, 0.15) is 0 Å². The summed E-state index contributed by atoms with van der Waals surface area (Å²) in [6.07, 6.45) is 3.03. The molecule has 1 aromatic heterocycles. The minimum absolute atomic E-state index is 0.113. The standard InChI is InChI=1S/C5H5N3O/c6-1-3-8-4-2-7-5(8)9/h2,4H,3H2,(H,7,9). The van der Waals surface area contributed by atoms with Gasteiger partial charge < -0.3 is 4.98 Å². The van der Waals surface area contributed by atoms with Crippen LogP contribution in [0.15, 0.2) is 17.2 Å². The lowest BCUT2D eigenvalue weighted by Gasteiger charge is -1.84. The molecule has 4 nitrogen and oxygen atoms in total. The molecule has 1 heterocycles. The Bertz CT molecular complexity index is 277. The minimum Gasteiger partial charge on any atom is -0.313 e. The monoisotopic (exact) mass is 123 g/mol. The molecule has 0 spiro atoms. The highest BCUT2D eigenvalue weighted by Crippen LogP contribution is 1.74. The van der Waals surface area contributed by atoms with Crippen molar-refractivity contribution in [2.75, 3.05) is 0 Å². The zero-order valence-corrected chi connectivity index (χ0v) is 4.66. The van der Waals surface area contributed by atoms with Gasteiger partial charge in [-0.05, 0) is 0 Å². The average Bonchev–Trinajstić information content (AvgIpc) is 2.18. The largest absolute Gasteiger partial charge is 0.326 e. The molecule has 4 heteroatoms. The van der Waals surface area contributed by atoms with Crippen molar-refractivity contribution in [3.63, 3.8) is 0 Å². The van der Waals surface area contributed by atoms with Crippen LogP contribution in [-0.4, -0.2) is 9.55 Å². The molecular formula is C5H5N3O. The van der Waals surface area contributed by atoms with Crippen LogP contribution in [0, 0.1) is 11.3 Å². The lowest BCUT2D eigenvalue weighted by molar-refractivity contribution is 0.791. The summed E-state index contributed by atoms with van der Waals surface area (Å²) in [7, 11) is 0. The number of hydrogen-bond acceptors (Lipinski definition) is 2. The van der Waals surface area contributed by atoms with E-state index in [1.807, 2.05) is 6.07 Å². The van der Waals surface area contributed by atoms with E-state index in [4.69, 9.17) is 5.26 Å². The van der Waals surface area contributed by atoms with Gasteiger partial charge in [0.15, 0.2) is 0 Å². The SMILES string of the molecule is N#CCn1cc[nH]c1=O. The maximum absolute atomic E-state index is 10.6. The second kappa shape index (κ2) is 2.18. The zero-order chi connectivity index (χ0) is 6.69. The lowest BCUT2D eigenvalue weighted by atomic mass is 10.7. The highest BCUT2D eigenvalue weighted by molar-refractivity contribution is 4.81. The van der Waals surface area contributed by atoms with E-state index in [2.05, 4.69) is 4.98 Å². The summed E-state index contributed by atoms with van der Waals surface area (Å²) in [6, 6.07) is 1.85. The van der Waals surface area contributed by atoms with Gasteiger partial charge in [0.1, 0.15) is 6.54 Å². The van der Waals surface area contributed by atoms with E-state index >= 15 is 0 Å². The number of nitrogens with zero attached hydrogens (tertiary/aromatic N) is 2. The van der Waals surface area contributed by atoms with E-state index in [1.165, 1.54) is 17.0 Å². The number of H-pyrrole nitrogens is 1. The maximum Gasteiger partial charge on any atom is 0.326 e. The molecular weight excluding hydrogens is 118 g/mol. The van der Waals surface area contributed by atoms with Crippen LogP contribution < -0.4 is 5.69 Å². The summed E-state index contributed by atoms with van der Waals surface area (Å²) in [5.74, 6) is 0. The van der Waals surface area contributed by atoms with Crippen molar-refractivity contribution in [3.05, 3.63) is 22.9 Å². The van der Waals surface area contributed by atoms with Crippen LogP contribution in [-0.2, 0) is 6.54 Å². The van der Waals surface area contributed by atoms with Crippen LogP contribution in [0.2, 0.25) is 0 Å². The van der Waals surface area contributed by atoms with Gasteiger partial charge >= 0.3 is 5.69 Å². The fourth-order valence-corrected chi connectivity index (χ4v) is 0.550. The topological polar surface area (TPSA) is 61.6 Å². The molecule has 0 bridgehead atoms. The predicted molar refractivity (Wildman–Crippen MR) is 30.7 cm³/mol. The van der Waals surface area contributed by atoms with Gasteiger partial charge in [-0.25, -0.2) is 4.79 Å². The third-order valence-corrected chi connectivity index (χ3v) is 0.963. The Kier molecular flexibility index (Phi) is 1.36. The van der Waals surface area contributed by atoms with Crippen LogP contribution in [0.4, 0.5) is 0 Å². The number of rotatable bonds is 1. The molecule has 9 heavy (non-hydrogen) atoms. The summed E-state index contributed by atoms with van der Waals surface area (Å²) >= 11 is 0. The molecule has 0 saturated carbocycles. The third kappa shape index (κ3) is 0.995. The summed E-state index contributed by atoms with van der Waals surface area (Å²) < 4.78 is 1.29. The van der Waals surface area contributed by atoms with Gasteiger partial charge in [-0.1, -0.05) is 0 Å². The Morgan fingerprint density at radius 3 is 3.11 bits per heavy atom. The van der Waals surface area contributed by atoms with Gasteiger partial charge in [0.2, 0.25) is 0 Å². The Hall–Kier alpha value is -1.50. The van der Waals surface area contributed by atoms with Crippen molar-refractivity contribution in [1.82, 2.24) is 9.55 Å². The fraction of sp³-hybridized carbons (Fsp3) is 0.200. The van der Waals surface area contributed by atoms with Crippen molar-refractivity contribution in [2.24, 2.45) is 0 Å². The predicted octanol–water partition coefficient (Wildman–Crippen LogP) is -0.300. The highest BCUT2D eigenvalue weighted by atomic mass is 16.1. The Morgan fingerprint density at radius 2 is 2.67 bits per heavy atom. The van der Waals surface area contributed by atoms with E-state index in [0.29, 0.717) is 0 Å². The van der Waals surface area contributed by atoms with E-state index in [1.54, 1.807) is 0 Å². The number of hydrogen-bond donors (Lipinski definition) is 1. The molecule has 1 N–H and O–H groups in total. The number of aromatic nitrogens is 2. The van der Waals surface area contributed by atoms with E-state index in [9.17, 15) is 4.79 Å². The molecule has 1 aromatic rings. The number of nitriles is 1. The van der Waals surface area contributed by atoms with Crippen LogP contribution in [0.25, 0.3) is 0 Å². The van der Waals surface area contributed by atoms with Gasteiger partial charge in [0, 0.05) is 12.4 Å². The molecule has 0 atom stereocenters. The molecule has 0 unspecified atom stereocenters. The Balaban J connectivity index is 2.98. The van der Waals surface area contributed by atoms with Crippen molar-refractivity contribution in [3.8, 4) is 6.07 Å². The highest BCUT2D eigenvalue weighted by Gasteiger charge is 1.90. The molecule has 0 aliphatic rings. The molecule has 0 saturated heterocycles. The quantitative estimate of drug-likeness (QED) is 0.557. The van der Waals surface area contributed by atoms with Gasteiger partial charge in [0.05, 0.1) is 6.07 Å². The average molecular weight is 123 g/mol. The van der Waals surface area contributed by atoms with Crippen LogP contribution in [0.5, 0.6) is 0 Å². The van der Waals surface area contributed by atoms with Crippen LogP contribution >= 0.6 is 0 Å². The van der Waals surface area contributed by atoms with Gasteiger partial charge in [-0.15, -0.1) is 0 Å². The van der Waals surface area contributed by atoms with Crippen molar-refractivity contribution < 1.29 is 0 Å². The summed E-state index contributed by atoms with van der Waals surface area (Å²) in [5, 5.41) is 8.14. The second-order valence-corrected chi connectivity index (χ2v) is 1.55. The zero-order valence-electron chi connectivity index (χ0n) is 4.66. The smallest absolute Gasteiger partial charge is 0.313 e. The number of aromatic amines is 1. The number of imidazole rings is 1. The molecule has 1 rings (SSSR count). The molecule has 46 valence electrons. The summed E-state index contributed by atoms with van der Waals surface area (Å²) in [4.78, 5) is 13.0. The maximum atomic E-state index is 10.6. The summed E-state index contributed by atoms with van der Waals surface area (Å²) in [5.41, 5.74) is -0.239.